The third-order valence-corrected chi connectivity index (χ3v) is 4.00. The number of amides is 1. The molecule has 114 valence electrons. The van der Waals surface area contributed by atoms with E-state index in [-0.39, 0.29) is 17.2 Å². The van der Waals surface area contributed by atoms with E-state index in [0.717, 1.165) is 17.3 Å². The molecule has 2 N–H and O–H groups in total. The molecular formula is C15H13ClN2O3S. The zero-order chi connectivity index (χ0) is 15.9. The molecule has 0 aliphatic rings. The lowest BCUT2D eigenvalue weighted by atomic mass is 10.2. The Morgan fingerprint density at radius 2 is 1.95 bits per heavy atom. The van der Waals surface area contributed by atoms with Crippen LogP contribution in [0.15, 0.2) is 47.6 Å². The standard InChI is InChI=1S/C15H13ClN2O3S/c16-11-5-3-10(4-6-11)8-18-13(19)9-22-14-12(15(20)21)2-1-7-17-14/h1-7H,8-9H2,(H,18,19)(H,20,21). The number of pyridine rings is 1. The predicted octanol–water partition coefficient (Wildman–Crippen LogP) is 2.84. The van der Waals surface area contributed by atoms with E-state index >= 15 is 0 Å². The lowest BCUT2D eigenvalue weighted by molar-refractivity contribution is -0.118. The number of nitrogens with one attached hydrogen (secondary N) is 1. The first kappa shape index (κ1) is 16.3. The summed E-state index contributed by atoms with van der Waals surface area (Å²) < 4.78 is 0. The van der Waals surface area contributed by atoms with Crippen LogP contribution in [0.25, 0.3) is 0 Å². The third-order valence-electron chi connectivity index (χ3n) is 2.74. The highest BCUT2D eigenvalue weighted by atomic mass is 35.5. The van der Waals surface area contributed by atoms with Gasteiger partial charge < -0.3 is 10.4 Å². The van der Waals surface area contributed by atoms with Gasteiger partial charge in [0.1, 0.15) is 5.03 Å². The SMILES string of the molecule is O=C(CSc1ncccc1C(=O)O)NCc1ccc(Cl)cc1. The number of benzene rings is 1. The van der Waals surface area contributed by atoms with Crippen molar-refractivity contribution in [3.05, 3.63) is 58.7 Å². The second kappa shape index (κ2) is 7.82. The Hall–Kier alpha value is -2.05. The summed E-state index contributed by atoms with van der Waals surface area (Å²) >= 11 is 6.88. The normalized spacial score (nSPS) is 10.2. The lowest BCUT2D eigenvalue weighted by Crippen LogP contribution is -2.24. The summed E-state index contributed by atoms with van der Waals surface area (Å²) in [6.07, 6.45) is 1.50. The zero-order valence-electron chi connectivity index (χ0n) is 11.5. The van der Waals surface area contributed by atoms with Crippen LogP contribution in [0.5, 0.6) is 0 Å². The van der Waals surface area contributed by atoms with Crippen LogP contribution >= 0.6 is 23.4 Å². The Morgan fingerprint density at radius 1 is 1.23 bits per heavy atom. The molecule has 5 nitrogen and oxygen atoms in total. The minimum absolute atomic E-state index is 0.0954. The van der Waals surface area contributed by atoms with Gasteiger partial charge in [-0.05, 0) is 29.8 Å². The monoisotopic (exact) mass is 336 g/mol. The molecule has 0 fully saturated rings. The van der Waals surface area contributed by atoms with Crippen LogP contribution in [-0.4, -0.2) is 27.7 Å². The maximum atomic E-state index is 11.8. The van der Waals surface area contributed by atoms with Gasteiger partial charge in [0.05, 0.1) is 11.3 Å². The summed E-state index contributed by atoms with van der Waals surface area (Å²) in [6.45, 7) is 0.393. The molecule has 0 bridgehead atoms. The molecule has 1 amide bonds. The average Bonchev–Trinajstić information content (AvgIpc) is 2.52. The second-order valence-corrected chi connectivity index (χ2v) is 5.75. The first-order valence-corrected chi connectivity index (χ1v) is 7.75. The smallest absolute Gasteiger partial charge is 0.338 e. The van der Waals surface area contributed by atoms with Gasteiger partial charge in [0.2, 0.25) is 5.91 Å². The summed E-state index contributed by atoms with van der Waals surface area (Å²) in [7, 11) is 0. The van der Waals surface area contributed by atoms with Crippen molar-refractivity contribution in [1.29, 1.82) is 0 Å². The molecule has 0 atom stereocenters. The fourth-order valence-electron chi connectivity index (χ4n) is 1.66. The first-order valence-electron chi connectivity index (χ1n) is 6.38. The number of nitrogens with zero attached hydrogens (tertiary/aromatic N) is 1. The van der Waals surface area contributed by atoms with Gasteiger partial charge in [0, 0.05) is 17.8 Å². The molecule has 0 unspecified atom stereocenters. The van der Waals surface area contributed by atoms with Crippen molar-refractivity contribution in [3.8, 4) is 0 Å². The summed E-state index contributed by atoms with van der Waals surface area (Å²) in [5.74, 6) is -1.15. The molecule has 0 aliphatic carbocycles. The molecule has 1 heterocycles. The fourth-order valence-corrected chi connectivity index (χ4v) is 2.60. The maximum absolute atomic E-state index is 11.8. The number of thioether (sulfide) groups is 1. The molecule has 1 aromatic heterocycles. The number of carboxylic acids is 1. The number of hydrogen-bond acceptors (Lipinski definition) is 4. The van der Waals surface area contributed by atoms with Crippen molar-refractivity contribution in [2.24, 2.45) is 0 Å². The molecule has 22 heavy (non-hydrogen) atoms. The number of rotatable bonds is 6. The molecule has 0 saturated heterocycles. The van der Waals surface area contributed by atoms with Gasteiger partial charge in [-0.3, -0.25) is 4.79 Å². The fraction of sp³-hybridized carbons (Fsp3) is 0.133. The Labute approximate surface area is 136 Å². The lowest BCUT2D eigenvalue weighted by Gasteiger charge is -2.06. The molecule has 0 spiro atoms. The molecular weight excluding hydrogens is 324 g/mol. The number of hydrogen-bond donors (Lipinski definition) is 2. The maximum Gasteiger partial charge on any atom is 0.338 e. The van der Waals surface area contributed by atoms with Gasteiger partial charge in [0.15, 0.2) is 0 Å². The van der Waals surface area contributed by atoms with Crippen LogP contribution < -0.4 is 5.32 Å². The van der Waals surface area contributed by atoms with Crippen LogP contribution in [-0.2, 0) is 11.3 Å². The summed E-state index contributed by atoms with van der Waals surface area (Å²) in [5.41, 5.74) is 1.03. The molecule has 2 aromatic rings. The van der Waals surface area contributed by atoms with Crippen LogP contribution in [0.3, 0.4) is 0 Å². The van der Waals surface area contributed by atoms with Crippen LogP contribution in [0, 0.1) is 0 Å². The van der Waals surface area contributed by atoms with E-state index in [4.69, 9.17) is 16.7 Å². The van der Waals surface area contributed by atoms with Gasteiger partial charge in [-0.15, -0.1) is 0 Å². The van der Waals surface area contributed by atoms with Gasteiger partial charge >= 0.3 is 5.97 Å². The number of carboxylic acid groups (broad SMARTS) is 1. The average molecular weight is 337 g/mol. The minimum Gasteiger partial charge on any atom is -0.478 e. The summed E-state index contributed by atoms with van der Waals surface area (Å²) in [6, 6.07) is 10.2. The number of aromatic carboxylic acids is 1. The molecule has 7 heteroatoms. The van der Waals surface area contributed by atoms with Crippen LogP contribution in [0.1, 0.15) is 15.9 Å². The highest BCUT2D eigenvalue weighted by Crippen LogP contribution is 2.19. The summed E-state index contributed by atoms with van der Waals surface area (Å²) in [5, 5.41) is 12.8. The highest BCUT2D eigenvalue weighted by Gasteiger charge is 2.12. The van der Waals surface area contributed by atoms with Gasteiger partial charge in [-0.2, -0.15) is 0 Å². The van der Waals surface area contributed by atoms with Crippen LogP contribution in [0.2, 0.25) is 5.02 Å². The number of carbonyl (C=O) groups excluding carboxylic acids is 1. The Morgan fingerprint density at radius 3 is 2.64 bits per heavy atom. The Bertz CT molecular complexity index is 677. The molecule has 2 rings (SSSR count). The van der Waals surface area contributed by atoms with E-state index in [9.17, 15) is 9.59 Å². The van der Waals surface area contributed by atoms with Crippen molar-refractivity contribution in [1.82, 2.24) is 10.3 Å². The van der Waals surface area contributed by atoms with Crippen molar-refractivity contribution >= 4 is 35.2 Å². The second-order valence-electron chi connectivity index (χ2n) is 4.35. The van der Waals surface area contributed by atoms with Crippen molar-refractivity contribution in [3.63, 3.8) is 0 Å². The van der Waals surface area contributed by atoms with Crippen molar-refractivity contribution in [2.45, 2.75) is 11.6 Å². The number of halogens is 1. The van der Waals surface area contributed by atoms with E-state index in [2.05, 4.69) is 10.3 Å². The van der Waals surface area contributed by atoms with E-state index in [1.807, 2.05) is 12.1 Å². The largest absolute Gasteiger partial charge is 0.478 e. The molecule has 1 aromatic carbocycles. The Kier molecular flexibility index (Phi) is 5.80. The molecule has 0 saturated carbocycles. The van der Waals surface area contributed by atoms with Gasteiger partial charge in [0.25, 0.3) is 0 Å². The summed E-state index contributed by atoms with van der Waals surface area (Å²) in [4.78, 5) is 26.8. The van der Waals surface area contributed by atoms with Gasteiger partial charge in [-0.25, -0.2) is 9.78 Å². The van der Waals surface area contributed by atoms with E-state index in [1.165, 1.54) is 12.3 Å². The third kappa shape index (κ3) is 4.75. The Balaban J connectivity index is 1.85. The van der Waals surface area contributed by atoms with E-state index in [1.54, 1.807) is 18.2 Å². The number of aromatic nitrogens is 1. The van der Waals surface area contributed by atoms with Gasteiger partial charge in [-0.1, -0.05) is 35.5 Å². The van der Waals surface area contributed by atoms with E-state index in [0.29, 0.717) is 16.6 Å². The topological polar surface area (TPSA) is 79.3 Å². The molecule has 0 radical (unpaired) electrons. The van der Waals surface area contributed by atoms with E-state index < -0.39 is 5.97 Å². The number of carbonyl (C=O) groups is 2. The van der Waals surface area contributed by atoms with Crippen molar-refractivity contribution < 1.29 is 14.7 Å². The highest BCUT2D eigenvalue weighted by molar-refractivity contribution is 8.00. The molecule has 0 aliphatic heterocycles. The van der Waals surface area contributed by atoms with Crippen LogP contribution in [0.4, 0.5) is 0 Å². The quantitative estimate of drug-likeness (QED) is 0.793. The minimum atomic E-state index is -1.06. The predicted molar refractivity (Wildman–Crippen MR) is 85.2 cm³/mol. The van der Waals surface area contributed by atoms with Crippen molar-refractivity contribution in [2.75, 3.05) is 5.75 Å². The first-order chi connectivity index (χ1) is 10.6. The zero-order valence-corrected chi connectivity index (χ0v) is 13.0.